The predicted molar refractivity (Wildman–Crippen MR) is 128 cm³/mol. The van der Waals surface area contributed by atoms with E-state index < -0.39 is 23.4 Å². The average Bonchev–Trinajstić information content (AvgIpc) is 3.15. The van der Waals surface area contributed by atoms with Crippen molar-refractivity contribution in [2.24, 2.45) is 5.73 Å². The molecule has 9 nitrogen and oxygen atoms in total. The molecule has 1 atom stereocenters. The van der Waals surface area contributed by atoms with Gasteiger partial charge in [-0.3, -0.25) is 19.1 Å². The number of ether oxygens (including phenoxy) is 1. The quantitative estimate of drug-likeness (QED) is 0.534. The lowest BCUT2D eigenvalue weighted by molar-refractivity contribution is -0.133. The fourth-order valence-electron chi connectivity index (χ4n) is 3.73. The fourth-order valence-corrected chi connectivity index (χ4v) is 4.87. The third-order valence-electron chi connectivity index (χ3n) is 5.26. The average molecular weight is 474 g/mol. The summed E-state index contributed by atoms with van der Waals surface area (Å²) < 4.78 is 5.97. The van der Waals surface area contributed by atoms with Crippen LogP contribution in [0.2, 0.25) is 0 Å². The number of rotatable bonds is 4. The molecule has 3 aromatic rings. The number of anilines is 1. The molecule has 0 aliphatic carbocycles. The Morgan fingerprint density at radius 2 is 2.12 bits per heavy atom. The first-order chi connectivity index (χ1) is 16.3. The summed E-state index contributed by atoms with van der Waals surface area (Å²) in [6.07, 6.45) is 4.15. The third kappa shape index (κ3) is 4.00. The number of allylic oxidation sites excluding steroid dienone is 1. The number of aromatic nitrogens is 2. The van der Waals surface area contributed by atoms with Crippen LogP contribution >= 0.6 is 11.3 Å². The van der Waals surface area contributed by atoms with E-state index in [-0.39, 0.29) is 26.2 Å². The number of hydrogen-bond acceptors (Lipinski definition) is 8. The maximum atomic E-state index is 13.6. The van der Waals surface area contributed by atoms with Crippen LogP contribution in [0, 0.1) is 18.3 Å². The molecule has 1 aliphatic heterocycles. The van der Waals surface area contributed by atoms with Gasteiger partial charge in [-0.15, -0.1) is 11.3 Å². The van der Waals surface area contributed by atoms with Crippen molar-refractivity contribution < 1.29 is 14.3 Å². The Morgan fingerprint density at radius 1 is 1.32 bits per heavy atom. The lowest BCUT2D eigenvalue weighted by Gasteiger charge is -2.25. The second kappa shape index (κ2) is 9.17. The van der Waals surface area contributed by atoms with E-state index in [1.165, 1.54) is 13.3 Å². The second-order valence-corrected chi connectivity index (χ2v) is 8.48. The van der Waals surface area contributed by atoms with Gasteiger partial charge in [-0.2, -0.15) is 5.26 Å². The van der Waals surface area contributed by atoms with Gasteiger partial charge < -0.3 is 15.8 Å². The normalized spacial score (nSPS) is 15.5. The Morgan fingerprint density at radius 3 is 2.76 bits per heavy atom. The highest BCUT2D eigenvalue weighted by Crippen LogP contribution is 2.36. The molecule has 1 aromatic carbocycles. The van der Waals surface area contributed by atoms with Gasteiger partial charge in [0.15, 0.2) is 0 Å². The molecule has 0 saturated carbocycles. The van der Waals surface area contributed by atoms with Crippen LogP contribution in [0.4, 0.5) is 5.69 Å². The van der Waals surface area contributed by atoms with Gasteiger partial charge in [0.25, 0.3) is 11.5 Å². The molecule has 1 amide bonds. The summed E-state index contributed by atoms with van der Waals surface area (Å²) in [6.45, 7) is 1.89. The Balaban J connectivity index is 2.05. The minimum Gasteiger partial charge on any atom is -0.466 e. The van der Waals surface area contributed by atoms with Gasteiger partial charge in [0.2, 0.25) is 0 Å². The largest absolute Gasteiger partial charge is 0.466 e. The van der Waals surface area contributed by atoms with Crippen molar-refractivity contribution in [3.05, 3.63) is 85.0 Å². The van der Waals surface area contributed by atoms with Crippen molar-refractivity contribution in [3.8, 4) is 6.07 Å². The zero-order valence-corrected chi connectivity index (χ0v) is 19.1. The first kappa shape index (κ1) is 22.7. The zero-order valence-electron chi connectivity index (χ0n) is 18.2. The Labute approximate surface area is 197 Å². The first-order valence-corrected chi connectivity index (χ1v) is 10.9. The van der Waals surface area contributed by atoms with Crippen LogP contribution in [0.1, 0.15) is 17.0 Å². The standard InChI is InChI=1S/C24H19N5O4S/c1-13-5-3-7-15(9-13)28-22(31)20-19(14-6-4-8-27-12-14)16(11-25)21(26)29-23(32)17(34-24(20)29)10-18(30)33-2/h3-10,12,19H,26H2,1-2H3,(H,28,31)/b17-10-. The van der Waals surface area contributed by atoms with Crippen LogP contribution in [0.5, 0.6) is 0 Å². The van der Waals surface area contributed by atoms with E-state index >= 15 is 0 Å². The van der Waals surface area contributed by atoms with Gasteiger partial charge in [0.05, 0.1) is 30.2 Å². The molecular formula is C24H19N5O4S. The van der Waals surface area contributed by atoms with Crippen LogP contribution in [0.15, 0.2) is 59.2 Å². The van der Waals surface area contributed by atoms with Gasteiger partial charge >= 0.3 is 5.97 Å². The van der Waals surface area contributed by atoms with E-state index in [1.807, 2.05) is 13.0 Å². The van der Waals surface area contributed by atoms with Crippen molar-refractivity contribution in [1.29, 1.82) is 5.26 Å². The molecule has 0 saturated heterocycles. The number of aryl methyl sites for hydroxylation is 1. The van der Waals surface area contributed by atoms with Gasteiger partial charge in [-0.05, 0) is 36.2 Å². The number of nitrogens with one attached hydrogen (secondary N) is 1. The smallest absolute Gasteiger partial charge is 0.332 e. The van der Waals surface area contributed by atoms with Crippen molar-refractivity contribution in [1.82, 2.24) is 9.55 Å². The topological polar surface area (TPSA) is 140 Å². The molecule has 2 aromatic heterocycles. The van der Waals surface area contributed by atoms with Crippen molar-refractivity contribution in [2.75, 3.05) is 12.4 Å². The summed E-state index contributed by atoms with van der Waals surface area (Å²) in [5.74, 6) is -2.22. The zero-order chi connectivity index (χ0) is 24.4. The van der Waals surface area contributed by atoms with Crippen LogP contribution in [0.3, 0.4) is 0 Å². The summed E-state index contributed by atoms with van der Waals surface area (Å²) >= 11 is 0.923. The molecule has 10 heteroatoms. The molecule has 0 radical (unpaired) electrons. The molecule has 1 unspecified atom stereocenters. The number of thiazole rings is 1. The highest BCUT2D eigenvalue weighted by molar-refractivity contribution is 7.07. The fraction of sp³-hybridized carbons (Fsp3) is 0.125. The highest BCUT2D eigenvalue weighted by Gasteiger charge is 2.35. The summed E-state index contributed by atoms with van der Waals surface area (Å²) in [5.41, 5.74) is 7.87. The number of methoxy groups -OCH3 is 1. The van der Waals surface area contributed by atoms with Crippen LogP contribution in [0.25, 0.3) is 17.5 Å². The molecule has 0 fully saturated rings. The van der Waals surface area contributed by atoms with Crippen molar-refractivity contribution >= 4 is 46.4 Å². The maximum absolute atomic E-state index is 13.6. The minimum absolute atomic E-state index is 0.0229. The number of fused-ring (bicyclic) bond motifs is 1. The second-order valence-electron chi connectivity index (χ2n) is 7.45. The van der Waals surface area contributed by atoms with Crippen LogP contribution in [-0.4, -0.2) is 28.5 Å². The molecular weight excluding hydrogens is 454 g/mol. The maximum Gasteiger partial charge on any atom is 0.332 e. The van der Waals surface area contributed by atoms with E-state index in [0.717, 1.165) is 27.5 Å². The molecule has 0 bridgehead atoms. The number of nitrogens with zero attached hydrogens (tertiary/aromatic N) is 3. The Hall–Kier alpha value is -4.49. The monoisotopic (exact) mass is 473 g/mol. The van der Waals surface area contributed by atoms with Gasteiger partial charge in [0.1, 0.15) is 15.0 Å². The molecule has 4 rings (SSSR count). The predicted octanol–water partition coefficient (Wildman–Crippen LogP) is 0.804. The molecule has 0 spiro atoms. The van der Waals surface area contributed by atoms with E-state index in [2.05, 4.69) is 21.1 Å². The van der Waals surface area contributed by atoms with E-state index in [4.69, 9.17) is 5.73 Å². The molecule has 3 N–H and O–H groups in total. The van der Waals surface area contributed by atoms with Crippen molar-refractivity contribution in [3.63, 3.8) is 0 Å². The van der Waals surface area contributed by atoms with E-state index in [9.17, 15) is 19.6 Å². The number of benzene rings is 1. The van der Waals surface area contributed by atoms with Gasteiger partial charge in [-0.1, -0.05) is 18.2 Å². The molecule has 170 valence electrons. The first-order valence-electron chi connectivity index (χ1n) is 10.1. The number of esters is 1. The van der Waals surface area contributed by atoms with Crippen LogP contribution in [-0.2, 0) is 14.3 Å². The minimum atomic E-state index is -0.868. The van der Waals surface area contributed by atoms with Gasteiger partial charge in [0, 0.05) is 24.2 Å². The number of carbonyl (C=O) groups excluding carboxylic acids is 2. The SMILES string of the molecule is COC(=O)/C=c1\sc2n(c1=O)C(N)=C(C#N)C(c1cccnc1)C=2C(=O)Nc1cccc(C)c1. The number of nitriles is 1. The highest BCUT2D eigenvalue weighted by atomic mass is 32.1. The number of nitrogens with two attached hydrogens (primary N) is 1. The molecule has 3 heterocycles. The lowest BCUT2D eigenvalue weighted by atomic mass is 9.84. The van der Waals surface area contributed by atoms with E-state index in [0.29, 0.717) is 11.3 Å². The number of carbonyl (C=O) groups is 2. The lowest BCUT2D eigenvalue weighted by Crippen LogP contribution is -2.40. The summed E-state index contributed by atoms with van der Waals surface area (Å²) in [6, 6.07) is 12.7. The third-order valence-corrected chi connectivity index (χ3v) is 6.37. The molecule has 34 heavy (non-hydrogen) atoms. The molecule has 1 aliphatic rings. The summed E-state index contributed by atoms with van der Waals surface area (Å²) in [7, 11) is 1.19. The Kier molecular flexibility index (Phi) is 6.12. The van der Waals surface area contributed by atoms with E-state index in [1.54, 1.807) is 36.5 Å². The van der Waals surface area contributed by atoms with Gasteiger partial charge in [-0.25, -0.2) is 4.79 Å². The Bertz CT molecular complexity index is 1560. The summed E-state index contributed by atoms with van der Waals surface area (Å²) in [4.78, 5) is 42.7. The number of pyridine rings is 1. The number of hydrogen-bond donors (Lipinski definition) is 2. The number of amides is 1. The van der Waals surface area contributed by atoms with Crippen molar-refractivity contribution in [2.45, 2.75) is 12.8 Å². The van der Waals surface area contributed by atoms with Crippen LogP contribution < -0.4 is 25.8 Å². The summed E-state index contributed by atoms with van der Waals surface area (Å²) in [5, 5.41) is 12.8.